The van der Waals surface area contributed by atoms with E-state index in [9.17, 15) is 19.5 Å². The van der Waals surface area contributed by atoms with Gasteiger partial charge in [0.05, 0.1) is 34.4 Å². The van der Waals surface area contributed by atoms with E-state index in [2.05, 4.69) is 38.2 Å². The molecule has 9 nitrogen and oxygen atoms in total. The van der Waals surface area contributed by atoms with Crippen LogP contribution in [0.2, 0.25) is 0 Å². The predicted molar refractivity (Wildman–Crippen MR) is 304 cm³/mol. The van der Waals surface area contributed by atoms with Crippen LogP contribution in [-0.4, -0.2) is 87.4 Å². The molecule has 0 aliphatic carbocycles. The normalized spacial score (nSPS) is 12.8. The van der Waals surface area contributed by atoms with Crippen LogP contribution in [0.4, 0.5) is 0 Å². The molecular formula is C63H120NO8+. The summed E-state index contributed by atoms with van der Waals surface area (Å²) < 4.78 is 22.7. The second-order valence-electron chi connectivity index (χ2n) is 22.4. The lowest BCUT2D eigenvalue weighted by Crippen LogP contribution is -2.40. The molecule has 0 bridgehead atoms. The average Bonchev–Trinajstić information content (AvgIpc) is 3.35. The van der Waals surface area contributed by atoms with Gasteiger partial charge in [-0.3, -0.25) is 9.59 Å². The van der Waals surface area contributed by atoms with Crippen LogP contribution < -0.4 is 0 Å². The van der Waals surface area contributed by atoms with E-state index in [-0.39, 0.29) is 32.2 Å². The molecule has 0 spiro atoms. The molecule has 0 aromatic rings. The fourth-order valence-electron chi connectivity index (χ4n) is 9.16. The third-order valence-corrected chi connectivity index (χ3v) is 14.0. The number of carbonyl (C=O) groups excluding carboxylic acids is 2. The quantitative estimate of drug-likeness (QED) is 0.0211. The lowest BCUT2D eigenvalue weighted by atomic mass is 10.0. The molecule has 2 unspecified atom stereocenters. The van der Waals surface area contributed by atoms with E-state index in [4.69, 9.17) is 18.9 Å². The zero-order valence-electron chi connectivity index (χ0n) is 48.4. The first-order valence-corrected chi connectivity index (χ1v) is 31.0. The van der Waals surface area contributed by atoms with Gasteiger partial charge in [-0.05, 0) is 44.9 Å². The van der Waals surface area contributed by atoms with Crippen molar-refractivity contribution in [3.63, 3.8) is 0 Å². The fourth-order valence-corrected chi connectivity index (χ4v) is 9.16. The van der Waals surface area contributed by atoms with Crippen molar-refractivity contribution in [3.05, 3.63) is 24.3 Å². The zero-order chi connectivity index (χ0) is 52.7. The number of unbranched alkanes of at least 4 members (excludes halogenated alkanes) is 39. The molecule has 0 rings (SSSR count). The molecule has 0 aromatic carbocycles. The van der Waals surface area contributed by atoms with Crippen LogP contribution in [0, 0.1) is 0 Å². The molecule has 0 saturated carbocycles. The molecule has 0 fully saturated rings. The van der Waals surface area contributed by atoms with E-state index < -0.39 is 24.3 Å². The Morgan fingerprint density at radius 2 is 0.750 bits per heavy atom. The standard InChI is InChI=1S/C63H119NO8/c1-6-8-10-12-14-15-16-17-18-19-20-21-22-23-24-25-26-27-28-29-30-31-32-33-34-35-36-37-38-39-40-41-42-43-44-45-46-47-48-50-52-54-61(66)72-59(57-70-60(65)53-51-49-13-11-9-7-2)58-71-63(62(67)68)69-56-55-64(3,4)5/h16-17,19-20,59,63H,6-15,18,21-58H2,1-5H3/p+1/b17-16-,20-19-. The van der Waals surface area contributed by atoms with Crippen molar-refractivity contribution in [2.45, 2.75) is 315 Å². The van der Waals surface area contributed by atoms with Gasteiger partial charge in [-0.15, -0.1) is 0 Å². The summed E-state index contributed by atoms with van der Waals surface area (Å²) in [7, 11) is 5.96. The minimum atomic E-state index is -1.50. The van der Waals surface area contributed by atoms with Crippen molar-refractivity contribution in [3.8, 4) is 0 Å². The summed E-state index contributed by atoms with van der Waals surface area (Å²) in [5.74, 6) is -2.00. The molecule has 2 atom stereocenters. The number of hydrogen-bond donors (Lipinski definition) is 1. The Morgan fingerprint density at radius 3 is 1.10 bits per heavy atom. The Balaban J connectivity index is 3.74. The first kappa shape index (κ1) is 69.8. The molecule has 0 aliphatic heterocycles. The van der Waals surface area contributed by atoms with E-state index in [0.29, 0.717) is 17.4 Å². The van der Waals surface area contributed by atoms with Gasteiger partial charge >= 0.3 is 17.9 Å². The Labute approximate surface area is 446 Å². The average molecular weight is 1020 g/mol. The number of carboxylic acids is 1. The Kier molecular flexibility index (Phi) is 53.3. The smallest absolute Gasteiger partial charge is 0.361 e. The van der Waals surface area contributed by atoms with Crippen LogP contribution >= 0.6 is 0 Å². The maximum atomic E-state index is 12.8. The number of carbonyl (C=O) groups is 3. The predicted octanol–water partition coefficient (Wildman–Crippen LogP) is 18.3. The molecule has 424 valence electrons. The van der Waals surface area contributed by atoms with Crippen molar-refractivity contribution in [1.82, 2.24) is 0 Å². The summed E-state index contributed by atoms with van der Waals surface area (Å²) in [4.78, 5) is 37.0. The first-order valence-electron chi connectivity index (χ1n) is 31.0. The summed E-state index contributed by atoms with van der Waals surface area (Å²) in [6.07, 6.45) is 63.5. The second-order valence-corrected chi connectivity index (χ2v) is 22.4. The van der Waals surface area contributed by atoms with E-state index in [1.54, 1.807) is 0 Å². The van der Waals surface area contributed by atoms with Crippen LogP contribution in [0.3, 0.4) is 0 Å². The molecular weight excluding hydrogens is 899 g/mol. The minimum Gasteiger partial charge on any atom is -0.477 e. The zero-order valence-corrected chi connectivity index (χ0v) is 48.4. The SMILES string of the molecule is CCCCCCC/C=C\C/C=C\CCCCCCCCCCCCCCCCCCCCCCCCCCCCCCCC(=O)OC(COC(=O)CCCCCCCC)COC(OCC[N+](C)(C)C)C(=O)O. The number of rotatable bonds is 58. The molecule has 72 heavy (non-hydrogen) atoms. The lowest BCUT2D eigenvalue weighted by molar-refractivity contribution is -0.870. The van der Waals surface area contributed by atoms with E-state index in [0.717, 1.165) is 44.9 Å². The summed E-state index contributed by atoms with van der Waals surface area (Å²) in [5, 5.41) is 9.63. The van der Waals surface area contributed by atoms with Crippen LogP contribution in [0.1, 0.15) is 303 Å². The fraction of sp³-hybridized carbons (Fsp3) is 0.889. The summed E-state index contributed by atoms with van der Waals surface area (Å²) >= 11 is 0. The van der Waals surface area contributed by atoms with Crippen molar-refractivity contribution in [1.29, 1.82) is 0 Å². The topological polar surface area (TPSA) is 108 Å². The number of aliphatic carboxylic acids is 1. The molecule has 0 heterocycles. The van der Waals surface area contributed by atoms with Crippen LogP contribution in [-0.2, 0) is 33.3 Å². The summed E-state index contributed by atoms with van der Waals surface area (Å²) in [6.45, 7) is 4.83. The van der Waals surface area contributed by atoms with Gasteiger partial charge in [0, 0.05) is 12.8 Å². The van der Waals surface area contributed by atoms with Crippen molar-refractivity contribution in [2.75, 3.05) is 47.5 Å². The first-order chi connectivity index (χ1) is 35.1. The van der Waals surface area contributed by atoms with Gasteiger partial charge in [-0.25, -0.2) is 4.79 Å². The third-order valence-electron chi connectivity index (χ3n) is 14.0. The molecule has 1 N–H and O–H groups in total. The van der Waals surface area contributed by atoms with Gasteiger partial charge in [0.25, 0.3) is 6.29 Å². The van der Waals surface area contributed by atoms with Gasteiger partial charge in [-0.1, -0.05) is 269 Å². The highest BCUT2D eigenvalue weighted by Crippen LogP contribution is 2.18. The largest absolute Gasteiger partial charge is 0.477 e. The third kappa shape index (κ3) is 55.5. The van der Waals surface area contributed by atoms with Crippen LogP contribution in [0.25, 0.3) is 0 Å². The molecule has 9 heteroatoms. The molecule has 0 amide bonds. The van der Waals surface area contributed by atoms with Gasteiger partial charge in [0.2, 0.25) is 0 Å². The highest BCUT2D eigenvalue weighted by molar-refractivity contribution is 5.71. The van der Waals surface area contributed by atoms with E-state index in [1.165, 1.54) is 231 Å². The molecule has 0 aromatic heterocycles. The maximum absolute atomic E-state index is 12.8. The summed E-state index contributed by atoms with van der Waals surface area (Å²) in [5.41, 5.74) is 0. The number of carboxylic acid groups (broad SMARTS) is 1. The van der Waals surface area contributed by atoms with Crippen molar-refractivity contribution < 1.29 is 42.9 Å². The number of esters is 2. The number of quaternary nitrogens is 1. The van der Waals surface area contributed by atoms with Crippen LogP contribution in [0.15, 0.2) is 24.3 Å². The highest BCUT2D eigenvalue weighted by atomic mass is 16.7. The number of allylic oxidation sites excluding steroid dienone is 4. The van der Waals surface area contributed by atoms with E-state index >= 15 is 0 Å². The molecule has 0 saturated heterocycles. The number of hydrogen-bond acceptors (Lipinski definition) is 7. The number of ether oxygens (including phenoxy) is 4. The number of nitrogens with zero attached hydrogens (tertiary/aromatic N) is 1. The van der Waals surface area contributed by atoms with E-state index in [1.807, 2.05) is 21.1 Å². The Bertz CT molecular complexity index is 1230. The van der Waals surface area contributed by atoms with Gasteiger partial charge in [0.1, 0.15) is 13.2 Å². The Hall–Kier alpha value is -2.23. The monoisotopic (exact) mass is 1020 g/mol. The second kappa shape index (κ2) is 55.0. The molecule has 0 radical (unpaired) electrons. The molecule has 0 aliphatic rings. The number of likely N-dealkylation sites (N-methyl/N-ethyl adjacent to an activating group) is 1. The van der Waals surface area contributed by atoms with Gasteiger partial charge in [-0.2, -0.15) is 0 Å². The van der Waals surface area contributed by atoms with Gasteiger partial charge < -0.3 is 28.5 Å². The van der Waals surface area contributed by atoms with Crippen LogP contribution in [0.5, 0.6) is 0 Å². The van der Waals surface area contributed by atoms with Gasteiger partial charge in [0.15, 0.2) is 6.10 Å². The minimum absolute atomic E-state index is 0.177. The van der Waals surface area contributed by atoms with Crippen molar-refractivity contribution >= 4 is 17.9 Å². The summed E-state index contributed by atoms with van der Waals surface area (Å²) in [6, 6.07) is 0. The van der Waals surface area contributed by atoms with Crippen molar-refractivity contribution in [2.24, 2.45) is 0 Å². The lowest BCUT2D eigenvalue weighted by Gasteiger charge is -2.25. The maximum Gasteiger partial charge on any atom is 0.361 e. The highest BCUT2D eigenvalue weighted by Gasteiger charge is 2.25. The Morgan fingerprint density at radius 1 is 0.417 bits per heavy atom.